The Morgan fingerprint density at radius 1 is 0.837 bits per heavy atom. The summed E-state index contributed by atoms with van der Waals surface area (Å²) in [5, 5.41) is 5.46. The molecule has 0 aliphatic carbocycles. The topological polar surface area (TPSA) is 114 Å². The Labute approximate surface area is 256 Å². The van der Waals surface area contributed by atoms with Crippen LogP contribution in [0.2, 0.25) is 0 Å². The van der Waals surface area contributed by atoms with Crippen molar-refractivity contribution in [2.75, 3.05) is 13.1 Å². The molecule has 9 nitrogen and oxygen atoms in total. The molecular weight excluding hydrogens is 546 g/mol. The third kappa shape index (κ3) is 11.7. The number of esters is 1. The standard InChI is InChI=1S/C34H49N3O6/c1-10-11-20-37(27(38)22-35-32(41)43-34(7,8)9)29(28-23(2)16-15-17-24(28)3)30(39)36-26(31(40)42-33(4,5)6)21-25-18-13-12-14-19-25/h12-19,26,29H,10-11,20-22H2,1-9H3,(H,35,41)(H,36,39). The lowest BCUT2D eigenvalue weighted by molar-refractivity contribution is -0.159. The van der Waals surface area contributed by atoms with Gasteiger partial charge in [-0.2, -0.15) is 0 Å². The Morgan fingerprint density at radius 2 is 1.42 bits per heavy atom. The van der Waals surface area contributed by atoms with Gasteiger partial charge in [0.2, 0.25) is 11.8 Å². The molecule has 0 spiro atoms. The van der Waals surface area contributed by atoms with Crippen LogP contribution in [0.5, 0.6) is 0 Å². The van der Waals surface area contributed by atoms with Crippen LogP contribution in [0.3, 0.4) is 0 Å². The normalized spacial score (nSPS) is 13.0. The van der Waals surface area contributed by atoms with Crippen LogP contribution in [0.25, 0.3) is 0 Å². The third-order valence-corrected chi connectivity index (χ3v) is 6.52. The van der Waals surface area contributed by atoms with Gasteiger partial charge in [0.15, 0.2) is 0 Å². The maximum absolute atomic E-state index is 14.3. The Morgan fingerprint density at radius 3 is 1.95 bits per heavy atom. The molecule has 3 amide bonds. The number of benzene rings is 2. The van der Waals surface area contributed by atoms with E-state index in [2.05, 4.69) is 10.6 Å². The molecule has 0 aliphatic heterocycles. The van der Waals surface area contributed by atoms with E-state index in [-0.39, 0.29) is 19.5 Å². The van der Waals surface area contributed by atoms with E-state index in [9.17, 15) is 19.2 Å². The smallest absolute Gasteiger partial charge is 0.408 e. The maximum Gasteiger partial charge on any atom is 0.408 e. The third-order valence-electron chi connectivity index (χ3n) is 6.52. The molecule has 2 atom stereocenters. The lowest BCUT2D eigenvalue weighted by atomic mass is 9.93. The molecule has 0 aliphatic rings. The van der Waals surface area contributed by atoms with Gasteiger partial charge in [0.05, 0.1) is 0 Å². The summed E-state index contributed by atoms with van der Waals surface area (Å²) in [6.07, 6.45) is 0.896. The van der Waals surface area contributed by atoms with Crippen LogP contribution in [-0.4, -0.2) is 59.1 Å². The highest BCUT2D eigenvalue weighted by Gasteiger charge is 2.36. The van der Waals surface area contributed by atoms with Crippen LogP contribution in [0.15, 0.2) is 48.5 Å². The molecule has 0 saturated heterocycles. The SMILES string of the molecule is CCCCN(C(=O)CNC(=O)OC(C)(C)C)C(C(=O)NC(Cc1ccccc1)C(=O)OC(C)(C)C)c1c(C)cccc1C. The second kappa shape index (κ2) is 15.5. The summed E-state index contributed by atoms with van der Waals surface area (Å²) < 4.78 is 11.0. The van der Waals surface area contributed by atoms with E-state index in [1.54, 1.807) is 41.5 Å². The predicted molar refractivity (Wildman–Crippen MR) is 167 cm³/mol. The van der Waals surface area contributed by atoms with E-state index >= 15 is 0 Å². The van der Waals surface area contributed by atoms with Gasteiger partial charge in [-0.25, -0.2) is 9.59 Å². The molecule has 0 aromatic heterocycles. The molecule has 43 heavy (non-hydrogen) atoms. The summed E-state index contributed by atoms with van der Waals surface area (Å²) >= 11 is 0. The van der Waals surface area contributed by atoms with Crippen molar-refractivity contribution in [2.45, 2.75) is 105 Å². The highest BCUT2D eigenvalue weighted by molar-refractivity contribution is 5.93. The number of hydrogen-bond acceptors (Lipinski definition) is 6. The average Bonchev–Trinajstić information content (AvgIpc) is 2.89. The van der Waals surface area contributed by atoms with Gasteiger partial charge in [-0.1, -0.05) is 61.9 Å². The van der Waals surface area contributed by atoms with Gasteiger partial charge in [0.1, 0.15) is 29.8 Å². The van der Waals surface area contributed by atoms with Gasteiger partial charge in [0.25, 0.3) is 0 Å². The number of unbranched alkanes of at least 4 members (excludes halogenated alkanes) is 1. The Balaban J connectivity index is 2.52. The summed E-state index contributed by atoms with van der Waals surface area (Å²) in [6, 6.07) is 13.0. The van der Waals surface area contributed by atoms with Crippen LogP contribution < -0.4 is 10.6 Å². The minimum atomic E-state index is -1.05. The largest absolute Gasteiger partial charge is 0.458 e. The lowest BCUT2D eigenvalue weighted by Crippen LogP contribution is -2.52. The van der Waals surface area contributed by atoms with Gasteiger partial charge in [-0.3, -0.25) is 9.59 Å². The van der Waals surface area contributed by atoms with E-state index in [4.69, 9.17) is 9.47 Å². The lowest BCUT2D eigenvalue weighted by Gasteiger charge is -2.34. The van der Waals surface area contributed by atoms with Crippen molar-refractivity contribution in [2.24, 2.45) is 0 Å². The number of carbonyl (C=O) groups is 4. The number of alkyl carbamates (subject to hydrolysis) is 1. The van der Waals surface area contributed by atoms with Crippen LogP contribution in [0.4, 0.5) is 4.79 Å². The fourth-order valence-corrected chi connectivity index (χ4v) is 4.64. The molecular formula is C34H49N3O6. The van der Waals surface area contributed by atoms with Gasteiger partial charge < -0.3 is 25.0 Å². The summed E-state index contributed by atoms with van der Waals surface area (Å²) in [4.78, 5) is 55.3. The molecule has 0 bridgehead atoms. The summed E-state index contributed by atoms with van der Waals surface area (Å²) in [7, 11) is 0. The quantitative estimate of drug-likeness (QED) is 0.310. The predicted octanol–water partition coefficient (Wildman–Crippen LogP) is 5.57. The molecule has 0 fully saturated rings. The monoisotopic (exact) mass is 595 g/mol. The van der Waals surface area contributed by atoms with Crippen molar-refractivity contribution in [3.63, 3.8) is 0 Å². The fourth-order valence-electron chi connectivity index (χ4n) is 4.64. The van der Waals surface area contributed by atoms with Crippen LogP contribution in [0.1, 0.15) is 89.6 Å². The van der Waals surface area contributed by atoms with E-state index in [0.717, 1.165) is 23.1 Å². The zero-order valence-electron chi connectivity index (χ0n) is 27.2. The first-order valence-electron chi connectivity index (χ1n) is 14.9. The van der Waals surface area contributed by atoms with Gasteiger partial charge >= 0.3 is 12.1 Å². The number of amides is 3. The van der Waals surface area contributed by atoms with Gasteiger partial charge in [-0.15, -0.1) is 0 Å². The number of aryl methyl sites for hydroxylation is 2. The Kier molecular flexibility index (Phi) is 12.8. The first-order chi connectivity index (χ1) is 20.0. The number of ether oxygens (including phenoxy) is 2. The van der Waals surface area contributed by atoms with Crippen molar-refractivity contribution in [3.05, 3.63) is 70.8 Å². The number of hydrogen-bond donors (Lipinski definition) is 2. The van der Waals surface area contributed by atoms with E-state index < -0.39 is 47.2 Å². The Bertz CT molecular complexity index is 1230. The molecule has 2 aromatic carbocycles. The molecule has 2 N–H and O–H groups in total. The average molecular weight is 596 g/mol. The zero-order valence-corrected chi connectivity index (χ0v) is 27.2. The molecule has 9 heteroatoms. The summed E-state index contributed by atoms with van der Waals surface area (Å²) in [6.45, 7) is 16.2. The molecule has 2 unspecified atom stereocenters. The van der Waals surface area contributed by atoms with Gasteiger partial charge in [0, 0.05) is 13.0 Å². The van der Waals surface area contributed by atoms with Crippen molar-refractivity contribution in [1.29, 1.82) is 0 Å². The van der Waals surface area contributed by atoms with Crippen LogP contribution in [0, 0.1) is 13.8 Å². The van der Waals surface area contributed by atoms with Crippen molar-refractivity contribution >= 4 is 23.9 Å². The zero-order chi connectivity index (χ0) is 32.4. The Hall–Kier alpha value is -3.88. The van der Waals surface area contributed by atoms with E-state index in [0.29, 0.717) is 12.0 Å². The second-order valence-corrected chi connectivity index (χ2v) is 12.8. The number of rotatable bonds is 12. The first kappa shape index (κ1) is 35.3. The second-order valence-electron chi connectivity index (χ2n) is 12.8. The van der Waals surface area contributed by atoms with Crippen molar-refractivity contribution < 1.29 is 28.7 Å². The highest BCUT2D eigenvalue weighted by atomic mass is 16.6. The minimum Gasteiger partial charge on any atom is -0.458 e. The number of carbonyl (C=O) groups excluding carboxylic acids is 4. The first-order valence-corrected chi connectivity index (χ1v) is 14.9. The van der Waals surface area contributed by atoms with Crippen LogP contribution >= 0.6 is 0 Å². The molecule has 0 radical (unpaired) electrons. The maximum atomic E-state index is 14.3. The number of nitrogens with zero attached hydrogens (tertiary/aromatic N) is 1. The number of nitrogens with one attached hydrogen (secondary N) is 2. The summed E-state index contributed by atoms with van der Waals surface area (Å²) in [5.74, 6) is -1.52. The van der Waals surface area contributed by atoms with Crippen LogP contribution in [-0.2, 0) is 30.3 Å². The molecule has 0 saturated carbocycles. The van der Waals surface area contributed by atoms with E-state index in [1.165, 1.54) is 4.90 Å². The van der Waals surface area contributed by atoms with E-state index in [1.807, 2.05) is 69.3 Å². The van der Waals surface area contributed by atoms with Gasteiger partial charge in [-0.05, 0) is 84.1 Å². The molecule has 236 valence electrons. The fraction of sp³-hybridized carbons (Fsp3) is 0.529. The highest BCUT2D eigenvalue weighted by Crippen LogP contribution is 2.29. The summed E-state index contributed by atoms with van der Waals surface area (Å²) in [5.41, 5.74) is 1.68. The van der Waals surface area contributed by atoms with Crippen molar-refractivity contribution in [3.8, 4) is 0 Å². The molecule has 0 heterocycles. The van der Waals surface area contributed by atoms with Crippen molar-refractivity contribution in [1.82, 2.24) is 15.5 Å². The molecule has 2 aromatic rings. The minimum absolute atomic E-state index is 0.212. The molecule has 2 rings (SSSR count).